The van der Waals surface area contributed by atoms with Gasteiger partial charge < -0.3 is 14.5 Å². The third-order valence-electron chi connectivity index (χ3n) is 6.01. The molecule has 2 heterocycles. The summed E-state index contributed by atoms with van der Waals surface area (Å²) >= 11 is 0. The van der Waals surface area contributed by atoms with Gasteiger partial charge in [-0.05, 0) is 18.4 Å². The summed E-state index contributed by atoms with van der Waals surface area (Å²) in [6.07, 6.45) is 3.65. The van der Waals surface area contributed by atoms with E-state index >= 15 is 0 Å². The van der Waals surface area contributed by atoms with Crippen molar-refractivity contribution in [2.24, 2.45) is 5.92 Å². The zero-order valence-corrected chi connectivity index (χ0v) is 17.6. The van der Waals surface area contributed by atoms with Crippen LogP contribution in [0.3, 0.4) is 0 Å². The molecule has 0 unspecified atom stereocenters. The largest absolute Gasteiger partial charge is 0.383 e. The molecule has 0 aromatic heterocycles. The number of quaternary nitrogens is 1. The highest BCUT2D eigenvalue weighted by molar-refractivity contribution is 5.76. The lowest BCUT2D eigenvalue weighted by Crippen LogP contribution is -3.11. The predicted octanol–water partition coefficient (Wildman–Crippen LogP) is 1.12. The highest BCUT2D eigenvalue weighted by atomic mass is 19.1. The van der Waals surface area contributed by atoms with Crippen molar-refractivity contribution >= 4 is 5.91 Å². The van der Waals surface area contributed by atoms with Crippen LogP contribution in [-0.4, -0.2) is 75.5 Å². The van der Waals surface area contributed by atoms with Crippen molar-refractivity contribution in [3.63, 3.8) is 0 Å². The number of nitrogens with zero attached hydrogens (tertiary/aromatic N) is 2. The Kier molecular flexibility index (Phi) is 8.86. The van der Waals surface area contributed by atoms with Gasteiger partial charge in [0.15, 0.2) is 0 Å². The number of halogens is 1. The molecule has 2 saturated heterocycles. The van der Waals surface area contributed by atoms with Crippen molar-refractivity contribution in [2.75, 3.05) is 59.6 Å². The summed E-state index contributed by atoms with van der Waals surface area (Å²) in [4.78, 5) is 21.6. The lowest BCUT2D eigenvalue weighted by molar-refractivity contribution is -0.919. The molecule has 1 aromatic rings. The average molecular weight is 409 g/mol. The summed E-state index contributed by atoms with van der Waals surface area (Å²) in [5, 5.41) is 1.90. The monoisotopic (exact) mass is 408 g/mol. The van der Waals surface area contributed by atoms with Crippen LogP contribution in [0.25, 0.3) is 0 Å². The minimum Gasteiger partial charge on any atom is -0.383 e. The van der Waals surface area contributed by atoms with E-state index in [4.69, 9.17) is 9.57 Å². The van der Waals surface area contributed by atoms with Crippen LogP contribution >= 0.6 is 0 Å². The summed E-state index contributed by atoms with van der Waals surface area (Å²) < 4.78 is 19.1. The van der Waals surface area contributed by atoms with Crippen molar-refractivity contribution in [3.8, 4) is 0 Å². The fraction of sp³-hybridized carbons (Fsp3) is 0.682. The van der Waals surface area contributed by atoms with E-state index in [0.29, 0.717) is 32.0 Å². The van der Waals surface area contributed by atoms with E-state index in [1.54, 1.807) is 13.2 Å². The number of carbonyl (C=O) groups is 1. The number of nitrogens with one attached hydrogen (secondary N) is 1. The number of hydrogen-bond donors (Lipinski definition) is 1. The maximum Gasteiger partial charge on any atom is 0.224 e. The van der Waals surface area contributed by atoms with Gasteiger partial charge in [0.1, 0.15) is 12.4 Å². The summed E-state index contributed by atoms with van der Waals surface area (Å²) in [6, 6.07) is 7.05. The SMILES string of the molecule is COCCN(CC1CC[NH+](Cc2ccccc2F)CC1)C(=O)CCN1CCCO1. The summed E-state index contributed by atoms with van der Waals surface area (Å²) in [6.45, 7) is 7.09. The second-order valence-corrected chi connectivity index (χ2v) is 8.16. The van der Waals surface area contributed by atoms with Crippen LogP contribution in [0.15, 0.2) is 24.3 Å². The number of methoxy groups -OCH3 is 1. The van der Waals surface area contributed by atoms with Gasteiger partial charge in [-0.2, -0.15) is 5.06 Å². The van der Waals surface area contributed by atoms with E-state index in [0.717, 1.165) is 64.2 Å². The number of ether oxygens (including phenoxy) is 1. The van der Waals surface area contributed by atoms with Crippen molar-refractivity contribution < 1.29 is 23.7 Å². The first-order valence-corrected chi connectivity index (χ1v) is 10.9. The van der Waals surface area contributed by atoms with Gasteiger partial charge in [0.2, 0.25) is 5.91 Å². The van der Waals surface area contributed by atoms with Crippen LogP contribution in [-0.2, 0) is 20.9 Å². The molecule has 2 fully saturated rings. The van der Waals surface area contributed by atoms with Gasteiger partial charge in [-0.25, -0.2) is 4.39 Å². The second kappa shape index (κ2) is 11.6. The van der Waals surface area contributed by atoms with Gasteiger partial charge in [0.25, 0.3) is 0 Å². The molecular formula is C22H35FN3O3+. The first-order chi connectivity index (χ1) is 14.2. The van der Waals surface area contributed by atoms with Gasteiger partial charge >= 0.3 is 0 Å². The minimum absolute atomic E-state index is 0.111. The maximum absolute atomic E-state index is 13.9. The highest BCUT2D eigenvalue weighted by Gasteiger charge is 2.26. The molecule has 1 N–H and O–H groups in total. The summed E-state index contributed by atoms with van der Waals surface area (Å²) in [5.41, 5.74) is 0.794. The standard InChI is InChI=1S/C22H34FN3O3/c1-28-16-14-25(22(27)9-13-26-10-4-15-29-26)17-19-7-11-24(12-8-19)18-20-5-2-3-6-21(20)23/h2-3,5-6,19H,4,7-18H2,1H3/p+1. The highest BCUT2D eigenvalue weighted by Crippen LogP contribution is 2.14. The number of hydroxylamine groups is 2. The molecule has 6 nitrogen and oxygen atoms in total. The number of hydrogen-bond acceptors (Lipinski definition) is 4. The van der Waals surface area contributed by atoms with E-state index in [1.807, 2.05) is 22.1 Å². The minimum atomic E-state index is -0.111. The molecule has 2 aliphatic heterocycles. The third kappa shape index (κ3) is 7.03. The van der Waals surface area contributed by atoms with E-state index in [9.17, 15) is 9.18 Å². The number of likely N-dealkylation sites (tertiary alicyclic amines) is 1. The Hall–Kier alpha value is -1.54. The van der Waals surface area contributed by atoms with Crippen LogP contribution in [0, 0.1) is 11.7 Å². The first kappa shape index (κ1) is 22.2. The van der Waals surface area contributed by atoms with Gasteiger partial charge in [0, 0.05) is 58.1 Å². The smallest absolute Gasteiger partial charge is 0.224 e. The van der Waals surface area contributed by atoms with Crippen LogP contribution in [0.5, 0.6) is 0 Å². The zero-order chi connectivity index (χ0) is 20.5. The van der Waals surface area contributed by atoms with E-state index in [-0.39, 0.29) is 11.7 Å². The van der Waals surface area contributed by atoms with Crippen molar-refractivity contribution in [3.05, 3.63) is 35.6 Å². The Balaban J connectivity index is 1.44. The molecule has 29 heavy (non-hydrogen) atoms. The number of carbonyl (C=O) groups excluding carboxylic acids is 1. The van der Waals surface area contributed by atoms with Crippen LogP contribution < -0.4 is 4.90 Å². The van der Waals surface area contributed by atoms with Gasteiger partial charge in [-0.15, -0.1) is 0 Å². The van der Waals surface area contributed by atoms with E-state index < -0.39 is 0 Å². The molecule has 1 amide bonds. The summed E-state index contributed by atoms with van der Waals surface area (Å²) in [5.74, 6) is 0.572. The van der Waals surface area contributed by atoms with Crippen LogP contribution in [0.2, 0.25) is 0 Å². The maximum atomic E-state index is 13.9. The quantitative estimate of drug-likeness (QED) is 0.630. The lowest BCUT2D eigenvalue weighted by atomic mass is 9.95. The van der Waals surface area contributed by atoms with Crippen molar-refractivity contribution in [1.29, 1.82) is 0 Å². The van der Waals surface area contributed by atoms with E-state index in [1.165, 1.54) is 11.0 Å². The molecule has 0 saturated carbocycles. The van der Waals surface area contributed by atoms with Gasteiger partial charge in [0.05, 0.1) is 26.3 Å². The fourth-order valence-corrected chi connectivity index (χ4v) is 4.24. The number of amides is 1. The summed E-state index contributed by atoms with van der Waals surface area (Å²) in [7, 11) is 1.67. The van der Waals surface area contributed by atoms with Crippen LogP contribution in [0.4, 0.5) is 4.39 Å². The second-order valence-electron chi connectivity index (χ2n) is 8.16. The first-order valence-electron chi connectivity index (χ1n) is 10.9. The molecule has 0 spiro atoms. The topological polar surface area (TPSA) is 46.5 Å². The van der Waals surface area contributed by atoms with E-state index in [2.05, 4.69) is 0 Å². The molecule has 0 aliphatic carbocycles. The molecule has 0 radical (unpaired) electrons. The average Bonchev–Trinajstić information content (AvgIpc) is 3.26. The third-order valence-corrected chi connectivity index (χ3v) is 6.01. The van der Waals surface area contributed by atoms with Gasteiger partial charge in [-0.1, -0.05) is 18.2 Å². The lowest BCUT2D eigenvalue weighted by Gasteiger charge is -2.33. The molecule has 0 atom stereocenters. The van der Waals surface area contributed by atoms with Crippen molar-refractivity contribution in [1.82, 2.24) is 9.96 Å². The van der Waals surface area contributed by atoms with Gasteiger partial charge in [-0.3, -0.25) is 9.63 Å². The Bertz CT molecular complexity index is 631. The molecular weight excluding hydrogens is 373 g/mol. The molecule has 162 valence electrons. The normalized spacial score (nSPS) is 22.7. The Morgan fingerprint density at radius 1 is 1.34 bits per heavy atom. The molecule has 3 rings (SSSR count). The molecule has 1 aromatic carbocycles. The Morgan fingerprint density at radius 2 is 2.14 bits per heavy atom. The Labute approximate surface area is 173 Å². The number of benzene rings is 1. The molecule has 7 heteroatoms. The number of rotatable bonds is 10. The molecule has 2 aliphatic rings. The molecule has 0 bridgehead atoms. The fourth-order valence-electron chi connectivity index (χ4n) is 4.24. The van der Waals surface area contributed by atoms with Crippen molar-refractivity contribution in [2.45, 2.75) is 32.2 Å². The van der Waals surface area contributed by atoms with Crippen LogP contribution in [0.1, 0.15) is 31.2 Å². The predicted molar refractivity (Wildman–Crippen MR) is 109 cm³/mol. The zero-order valence-electron chi connectivity index (χ0n) is 17.6. The number of piperidine rings is 1. The Morgan fingerprint density at radius 3 is 2.83 bits per heavy atom.